The largest absolute Gasteiger partial charge is 0.386 e. The lowest BCUT2D eigenvalue weighted by atomic mass is 10.1. The van der Waals surface area contributed by atoms with Crippen molar-refractivity contribution in [1.82, 2.24) is 24.8 Å². The summed E-state index contributed by atoms with van der Waals surface area (Å²) in [5.41, 5.74) is 3.22. The number of piperazine rings is 1. The minimum absolute atomic E-state index is 0.0406. The molecule has 1 aromatic heterocycles. The third-order valence-corrected chi connectivity index (χ3v) is 5.05. The van der Waals surface area contributed by atoms with Crippen LogP contribution in [-0.2, 0) is 13.0 Å². The maximum Gasteiger partial charge on any atom is 0.102 e. The molecule has 1 saturated heterocycles. The van der Waals surface area contributed by atoms with Crippen molar-refractivity contribution in [2.75, 3.05) is 33.2 Å². The lowest BCUT2D eigenvalue weighted by molar-refractivity contribution is 0.120. The molecular weight excluding hydrogens is 290 g/mol. The summed E-state index contributed by atoms with van der Waals surface area (Å²) in [4.78, 5) is 4.76. The lowest BCUT2D eigenvalue weighted by Gasteiger charge is -2.31. The van der Waals surface area contributed by atoms with Crippen LogP contribution < -0.4 is 0 Å². The molecule has 0 radical (unpaired) electrons. The Kier molecular flexibility index (Phi) is 3.88. The van der Waals surface area contributed by atoms with Gasteiger partial charge in [-0.25, -0.2) is 4.68 Å². The van der Waals surface area contributed by atoms with Gasteiger partial charge in [0.2, 0.25) is 0 Å². The molecule has 2 aliphatic rings. The summed E-state index contributed by atoms with van der Waals surface area (Å²) in [6.07, 6.45) is 2.32. The highest BCUT2D eigenvalue weighted by Gasteiger charge is 2.32. The van der Waals surface area contributed by atoms with Gasteiger partial charge in [-0.3, -0.25) is 4.90 Å². The maximum atomic E-state index is 10.5. The van der Waals surface area contributed by atoms with Crippen molar-refractivity contribution in [2.24, 2.45) is 0 Å². The summed E-state index contributed by atoms with van der Waals surface area (Å²) >= 11 is 0. The molecule has 2 heterocycles. The molecule has 1 fully saturated rings. The number of fused-ring (bicyclic) bond motifs is 1. The quantitative estimate of drug-likeness (QED) is 0.911. The molecule has 23 heavy (non-hydrogen) atoms. The van der Waals surface area contributed by atoms with E-state index < -0.39 is 6.10 Å². The van der Waals surface area contributed by atoms with Crippen molar-refractivity contribution < 1.29 is 5.11 Å². The zero-order chi connectivity index (χ0) is 15.8. The molecule has 4 rings (SSSR count). The molecule has 1 N–H and O–H groups in total. The number of hydrogen-bond acceptors (Lipinski definition) is 5. The number of aliphatic hydroxyl groups is 1. The molecule has 0 spiro atoms. The minimum Gasteiger partial charge on any atom is -0.386 e. The van der Waals surface area contributed by atoms with Crippen molar-refractivity contribution in [3.63, 3.8) is 0 Å². The van der Waals surface area contributed by atoms with Crippen LogP contribution in [-0.4, -0.2) is 63.1 Å². The van der Waals surface area contributed by atoms with E-state index in [4.69, 9.17) is 0 Å². The average molecular weight is 313 g/mol. The first kappa shape index (κ1) is 14.8. The highest BCUT2D eigenvalue weighted by atomic mass is 16.3. The van der Waals surface area contributed by atoms with Crippen LogP contribution in [0, 0.1) is 0 Å². The van der Waals surface area contributed by atoms with Crippen molar-refractivity contribution in [3.05, 3.63) is 47.3 Å². The summed E-state index contributed by atoms with van der Waals surface area (Å²) in [5.74, 6) is 0. The number of rotatable bonds is 3. The van der Waals surface area contributed by atoms with E-state index in [9.17, 15) is 5.11 Å². The Morgan fingerprint density at radius 1 is 1.17 bits per heavy atom. The molecule has 2 unspecified atom stereocenters. The van der Waals surface area contributed by atoms with E-state index in [1.54, 1.807) is 0 Å². The summed E-state index contributed by atoms with van der Waals surface area (Å²) in [6, 6.07) is 8.04. The highest BCUT2D eigenvalue weighted by molar-refractivity contribution is 5.35. The first-order valence-corrected chi connectivity index (χ1v) is 8.28. The maximum absolute atomic E-state index is 10.5. The summed E-state index contributed by atoms with van der Waals surface area (Å²) < 4.78 is 1.84. The summed E-state index contributed by atoms with van der Waals surface area (Å²) in [5, 5.41) is 19.1. The van der Waals surface area contributed by atoms with Crippen LogP contribution in [0.15, 0.2) is 30.5 Å². The van der Waals surface area contributed by atoms with E-state index in [1.807, 2.05) is 29.1 Å². The van der Waals surface area contributed by atoms with Crippen LogP contribution in [0.1, 0.15) is 29.0 Å². The van der Waals surface area contributed by atoms with E-state index in [2.05, 4.69) is 33.2 Å². The summed E-state index contributed by atoms with van der Waals surface area (Å²) in [6.45, 7) is 5.18. The fraction of sp³-hybridized carbons (Fsp3) is 0.529. The second-order valence-corrected chi connectivity index (χ2v) is 6.68. The molecule has 0 bridgehead atoms. The SMILES string of the molecule is CN1CCN(Cc2cn(C3Cc4ccccc4C3O)nn2)CC1. The van der Waals surface area contributed by atoms with Gasteiger partial charge in [-0.2, -0.15) is 0 Å². The second kappa shape index (κ2) is 6.03. The average Bonchev–Trinajstić information content (AvgIpc) is 3.15. The monoisotopic (exact) mass is 313 g/mol. The Morgan fingerprint density at radius 2 is 1.96 bits per heavy atom. The second-order valence-electron chi connectivity index (χ2n) is 6.68. The Bertz CT molecular complexity index is 677. The van der Waals surface area contributed by atoms with Gasteiger partial charge in [0.25, 0.3) is 0 Å². The normalized spacial score (nSPS) is 25.7. The first-order chi connectivity index (χ1) is 11.2. The van der Waals surface area contributed by atoms with Crippen molar-refractivity contribution in [3.8, 4) is 0 Å². The molecular formula is C17H23N5O. The topological polar surface area (TPSA) is 57.4 Å². The molecule has 6 heteroatoms. The Morgan fingerprint density at radius 3 is 2.74 bits per heavy atom. The van der Waals surface area contributed by atoms with Gasteiger partial charge in [-0.1, -0.05) is 29.5 Å². The zero-order valence-corrected chi connectivity index (χ0v) is 13.5. The molecule has 1 aromatic carbocycles. The number of benzene rings is 1. The van der Waals surface area contributed by atoms with Gasteiger partial charge >= 0.3 is 0 Å². The number of aliphatic hydroxyl groups excluding tert-OH is 1. The zero-order valence-electron chi connectivity index (χ0n) is 13.5. The van der Waals surface area contributed by atoms with Gasteiger partial charge in [0.05, 0.1) is 17.9 Å². The third kappa shape index (κ3) is 2.89. The molecule has 6 nitrogen and oxygen atoms in total. The Balaban J connectivity index is 1.45. The lowest BCUT2D eigenvalue weighted by Crippen LogP contribution is -2.43. The Hall–Kier alpha value is -1.76. The number of aromatic nitrogens is 3. The van der Waals surface area contributed by atoms with Gasteiger partial charge < -0.3 is 10.0 Å². The number of nitrogens with zero attached hydrogens (tertiary/aromatic N) is 5. The van der Waals surface area contributed by atoms with E-state index in [0.29, 0.717) is 0 Å². The number of likely N-dealkylation sites (N-methyl/N-ethyl adjacent to an activating group) is 1. The molecule has 2 aromatic rings. The van der Waals surface area contributed by atoms with Crippen molar-refractivity contribution in [1.29, 1.82) is 0 Å². The smallest absolute Gasteiger partial charge is 0.102 e. The minimum atomic E-state index is -0.496. The van der Waals surface area contributed by atoms with Crippen LogP contribution in [0.3, 0.4) is 0 Å². The fourth-order valence-electron chi connectivity index (χ4n) is 3.57. The van der Waals surface area contributed by atoms with E-state index in [0.717, 1.165) is 50.4 Å². The van der Waals surface area contributed by atoms with Crippen LogP contribution in [0.5, 0.6) is 0 Å². The molecule has 1 aliphatic heterocycles. The van der Waals surface area contributed by atoms with Gasteiger partial charge in [0.1, 0.15) is 6.10 Å². The molecule has 0 saturated carbocycles. The molecule has 1 aliphatic carbocycles. The van der Waals surface area contributed by atoms with Gasteiger partial charge in [0.15, 0.2) is 0 Å². The summed E-state index contributed by atoms with van der Waals surface area (Å²) in [7, 11) is 2.16. The van der Waals surface area contributed by atoms with E-state index in [-0.39, 0.29) is 6.04 Å². The highest BCUT2D eigenvalue weighted by Crippen LogP contribution is 2.38. The van der Waals surface area contributed by atoms with Crippen LogP contribution in [0.4, 0.5) is 0 Å². The predicted octanol–water partition coefficient (Wildman–Crippen LogP) is 0.856. The first-order valence-electron chi connectivity index (χ1n) is 8.28. The molecule has 122 valence electrons. The van der Waals surface area contributed by atoms with E-state index in [1.165, 1.54) is 5.56 Å². The molecule has 0 amide bonds. The third-order valence-electron chi connectivity index (χ3n) is 5.05. The van der Waals surface area contributed by atoms with Crippen LogP contribution >= 0.6 is 0 Å². The fourth-order valence-corrected chi connectivity index (χ4v) is 3.57. The van der Waals surface area contributed by atoms with Gasteiger partial charge in [-0.15, -0.1) is 5.10 Å². The van der Waals surface area contributed by atoms with Gasteiger partial charge in [0, 0.05) is 32.7 Å². The van der Waals surface area contributed by atoms with Gasteiger partial charge in [-0.05, 0) is 24.6 Å². The standard InChI is InChI=1S/C17H23N5O/c1-20-6-8-21(9-7-20)11-14-12-22(19-18-14)16-10-13-4-2-3-5-15(13)17(16)23/h2-5,12,16-17,23H,6-11H2,1H3. The van der Waals surface area contributed by atoms with Crippen LogP contribution in [0.2, 0.25) is 0 Å². The number of hydrogen-bond donors (Lipinski definition) is 1. The molecule has 2 atom stereocenters. The van der Waals surface area contributed by atoms with Crippen molar-refractivity contribution >= 4 is 0 Å². The Labute approximate surface area is 136 Å². The van der Waals surface area contributed by atoms with Crippen LogP contribution in [0.25, 0.3) is 0 Å². The van der Waals surface area contributed by atoms with Crippen molar-refractivity contribution in [2.45, 2.75) is 25.1 Å². The predicted molar refractivity (Wildman–Crippen MR) is 86.9 cm³/mol. The van der Waals surface area contributed by atoms with E-state index >= 15 is 0 Å².